The Bertz CT molecular complexity index is 795. The van der Waals surface area contributed by atoms with Crippen LogP contribution in [0.5, 0.6) is 0 Å². The van der Waals surface area contributed by atoms with Crippen molar-refractivity contribution >= 4 is 17.5 Å². The van der Waals surface area contributed by atoms with Crippen LogP contribution in [0.4, 0.5) is 17.5 Å². The third-order valence-electron chi connectivity index (χ3n) is 3.80. The van der Waals surface area contributed by atoms with Crippen LogP contribution in [0.25, 0.3) is 0 Å². The highest BCUT2D eigenvalue weighted by Gasteiger charge is 2.07. The number of aryl methyl sites for hydroxylation is 2. The number of hydrogen-bond acceptors (Lipinski definition) is 4. The number of benzene rings is 2. The highest BCUT2D eigenvalue weighted by atomic mass is 15.1. The molecule has 0 aliphatic rings. The first kappa shape index (κ1) is 16.0. The van der Waals surface area contributed by atoms with Gasteiger partial charge in [0.1, 0.15) is 5.82 Å². The summed E-state index contributed by atoms with van der Waals surface area (Å²) in [4.78, 5) is 8.87. The first-order chi connectivity index (χ1) is 11.6. The molecular weight excluding hydrogens is 296 g/mol. The van der Waals surface area contributed by atoms with Gasteiger partial charge in [-0.3, -0.25) is 0 Å². The third kappa shape index (κ3) is 4.10. The van der Waals surface area contributed by atoms with Crippen LogP contribution in [-0.2, 0) is 0 Å². The normalized spacial score (nSPS) is 11.8. The van der Waals surface area contributed by atoms with Crippen molar-refractivity contribution in [3.8, 4) is 0 Å². The Morgan fingerprint density at radius 2 is 1.62 bits per heavy atom. The maximum Gasteiger partial charge on any atom is 0.229 e. The van der Waals surface area contributed by atoms with Crippen molar-refractivity contribution in [3.05, 3.63) is 77.5 Å². The summed E-state index contributed by atoms with van der Waals surface area (Å²) in [7, 11) is 0. The minimum atomic E-state index is 0.176. The largest absolute Gasteiger partial charge is 0.363 e. The van der Waals surface area contributed by atoms with E-state index in [1.54, 1.807) is 6.20 Å². The summed E-state index contributed by atoms with van der Waals surface area (Å²) in [5.41, 5.74) is 4.65. The van der Waals surface area contributed by atoms with Crippen LogP contribution in [0.3, 0.4) is 0 Å². The summed E-state index contributed by atoms with van der Waals surface area (Å²) in [5.74, 6) is 1.39. The van der Waals surface area contributed by atoms with Gasteiger partial charge in [-0.05, 0) is 55.7 Å². The SMILES string of the molecule is Cc1cc(C)cc(Nc2nccc(NC(C)c3ccccc3)n2)c1. The van der Waals surface area contributed by atoms with E-state index in [0.717, 1.165) is 11.5 Å². The molecule has 0 fully saturated rings. The molecule has 0 saturated heterocycles. The lowest BCUT2D eigenvalue weighted by molar-refractivity contribution is 0.873. The van der Waals surface area contributed by atoms with Crippen LogP contribution < -0.4 is 10.6 Å². The molecule has 1 aromatic heterocycles. The van der Waals surface area contributed by atoms with E-state index < -0.39 is 0 Å². The van der Waals surface area contributed by atoms with Crippen molar-refractivity contribution in [2.45, 2.75) is 26.8 Å². The zero-order valence-corrected chi connectivity index (χ0v) is 14.2. The molecule has 122 valence electrons. The Balaban J connectivity index is 1.74. The van der Waals surface area contributed by atoms with Crippen molar-refractivity contribution in [1.29, 1.82) is 0 Å². The second-order valence-electron chi connectivity index (χ2n) is 6.04. The van der Waals surface area contributed by atoms with Gasteiger partial charge >= 0.3 is 0 Å². The fourth-order valence-electron chi connectivity index (χ4n) is 2.72. The molecule has 3 rings (SSSR count). The Hall–Kier alpha value is -2.88. The van der Waals surface area contributed by atoms with Gasteiger partial charge in [-0.25, -0.2) is 4.98 Å². The molecule has 1 unspecified atom stereocenters. The molecule has 0 radical (unpaired) electrons. The van der Waals surface area contributed by atoms with Crippen molar-refractivity contribution in [2.75, 3.05) is 10.6 Å². The summed E-state index contributed by atoms with van der Waals surface area (Å²) in [6, 6.07) is 18.7. The van der Waals surface area contributed by atoms with Gasteiger partial charge in [-0.2, -0.15) is 4.98 Å². The van der Waals surface area contributed by atoms with E-state index in [-0.39, 0.29) is 6.04 Å². The molecule has 0 spiro atoms. The number of nitrogens with one attached hydrogen (secondary N) is 2. The van der Waals surface area contributed by atoms with Crippen LogP contribution in [0.15, 0.2) is 60.8 Å². The van der Waals surface area contributed by atoms with Crippen molar-refractivity contribution in [1.82, 2.24) is 9.97 Å². The van der Waals surface area contributed by atoms with E-state index >= 15 is 0 Å². The smallest absolute Gasteiger partial charge is 0.229 e. The lowest BCUT2D eigenvalue weighted by Crippen LogP contribution is -2.09. The molecule has 2 aromatic carbocycles. The molecular formula is C20H22N4. The number of rotatable bonds is 5. The molecule has 0 amide bonds. The highest BCUT2D eigenvalue weighted by molar-refractivity contribution is 5.57. The topological polar surface area (TPSA) is 49.8 Å². The molecule has 4 nitrogen and oxygen atoms in total. The average molecular weight is 318 g/mol. The molecule has 1 heterocycles. The maximum atomic E-state index is 4.56. The van der Waals surface area contributed by atoms with Crippen molar-refractivity contribution in [3.63, 3.8) is 0 Å². The zero-order valence-electron chi connectivity index (χ0n) is 14.2. The van der Waals surface area contributed by atoms with Crippen molar-refractivity contribution < 1.29 is 0 Å². The number of anilines is 3. The monoisotopic (exact) mass is 318 g/mol. The van der Waals surface area contributed by atoms with Gasteiger partial charge in [-0.15, -0.1) is 0 Å². The molecule has 0 aliphatic heterocycles. The number of nitrogens with zero attached hydrogens (tertiary/aromatic N) is 2. The lowest BCUT2D eigenvalue weighted by Gasteiger charge is -2.15. The molecule has 2 N–H and O–H groups in total. The summed E-state index contributed by atoms with van der Waals surface area (Å²) < 4.78 is 0. The van der Waals surface area contributed by atoms with Crippen LogP contribution in [0, 0.1) is 13.8 Å². The van der Waals surface area contributed by atoms with E-state index in [9.17, 15) is 0 Å². The Kier molecular flexibility index (Phi) is 4.75. The minimum Gasteiger partial charge on any atom is -0.363 e. The van der Waals surface area contributed by atoms with Crippen LogP contribution in [0.1, 0.15) is 29.7 Å². The summed E-state index contributed by atoms with van der Waals surface area (Å²) in [5, 5.41) is 6.69. The highest BCUT2D eigenvalue weighted by Crippen LogP contribution is 2.20. The second kappa shape index (κ2) is 7.13. The summed E-state index contributed by atoms with van der Waals surface area (Å²) in [6.45, 7) is 6.28. The van der Waals surface area contributed by atoms with Gasteiger partial charge in [0.05, 0.1) is 0 Å². The van der Waals surface area contributed by atoms with Crippen LogP contribution >= 0.6 is 0 Å². The van der Waals surface area contributed by atoms with Crippen molar-refractivity contribution in [2.24, 2.45) is 0 Å². The van der Waals surface area contributed by atoms with E-state index in [0.29, 0.717) is 5.95 Å². The molecule has 0 saturated carbocycles. The van der Waals surface area contributed by atoms with E-state index in [1.165, 1.54) is 16.7 Å². The van der Waals surface area contributed by atoms with E-state index in [1.807, 2.05) is 24.3 Å². The Morgan fingerprint density at radius 1 is 0.917 bits per heavy atom. The average Bonchev–Trinajstić information content (AvgIpc) is 2.55. The summed E-state index contributed by atoms with van der Waals surface area (Å²) >= 11 is 0. The third-order valence-corrected chi connectivity index (χ3v) is 3.80. The number of hydrogen-bond donors (Lipinski definition) is 2. The van der Waals surface area contributed by atoms with E-state index in [2.05, 4.69) is 71.7 Å². The predicted molar refractivity (Wildman–Crippen MR) is 99.7 cm³/mol. The van der Waals surface area contributed by atoms with Gasteiger partial charge in [0.2, 0.25) is 5.95 Å². The number of aromatic nitrogens is 2. The minimum absolute atomic E-state index is 0.176. The Morgan fingerprint density at radius 3 is 2.33 bits per heavy atom. The zero-order chi connectivity index (χ0) is 16.9. The molecule has 0 aliphatic carbocycles. The molecule has 3 aromatic rings. The Labute approximate surface area is 143 Å². The quantitative estimate of drug-likeness (QED) is 0.694. The standard InChI is InChI=1S/C20H22N4/c1-14-11-15(2)13-18(12-14)23-20-21-10-9-19(24-20)22-16(3)17-7-5-4-6-8-17/h4-13,16H,1-3H3,(H2,21,22,23,24). The fraction of sp³-hybridized carbons (Fsp3) is 0.200. The van der Waals surface area contributed by atoms with Gasteiger partial charge in [-0.1, -0.05) is 36.4 Å². The lowest BCUT2D eigenvalue weighted by atomic mass is 10.1. The van der Waals surface area contributed by atoms with Gasteiger partial charge in [0.15, 0.2) is 0 Å². The first-order valence-corrected chi connectivity index (χ1v) is 8.10. The molecule has 24 heavy (non-hydrogen) atoms. The van der Waals surface area contributed by atoms with Crippen LogP contribution in [-0.4, -0.2) is 9.97 Å². The predicted octanol–water partition coefficient (Wildman–Crippen LogP) is 5.01. The summed E-state index contributed by atoms with van der Waals surface area (Å²) in [6.07, 6.45) is 1.76. The molecule has 0 bridgehead atoms. The van der Waals surface area contributed by atoms with Crippen LogP contribution in [0.2, 0.25) is 0 Å². The van der Waals surface area contributed by atoms with E-state index in [4.69, 9.17) is 0 Å². The van der Waals surface area contributed by atoms with Gasteiger partial charge < -0.3 is 10.6 Å². The van der Waals surface area contributed by atoms with Gasteiger partial charge in [0, 0.05) is 17.9 Å². The molecule has 4 heteroatoms. The van der Waals surface area contributed by atoms with Gasteiger partial charge in [0.25, 0.3) is 0 Å². The molecule has 1 atom stereocenters. The fourth-order valence-corrected chi connectivity index (χ4v) is 2.72. The maximum absolute atomic E-state index is 4.56. The first-order valence-electron chi connectivity index (χ1n) is 8.10. The second-order valence-corrected chi connectivity index (χ2v) is 6.04.